The minimum atomic E-state index is -5.53. The Balaban J connectivity index is 1.69. The van der Waals surface area contributed by atoms with Gasteiger partial charge in [-0.15, -0.1) is 0 Å². The summed E-state index contributed by atoms with van der Waals surface area (Å²) in [5, 5.41) is 4.53. The first kappa shape index (κ1) is 20.4. The van der Waals surface area contributed by atoms with Crippen LogP contribution >= 0.6 is 22.6 Å². The van der Waals surface area contributed by atoms with Crippen LogP contribution in [0.25, 0.3) is 0 Å². The third-order valence-corrected chi connectivity index (χ3v) is 7.31. The first-order valence-electron chi connectivity index (χ1n) is 8.61. The second-order valence-corrected chi connectivity index (χ2v) is 10.4. The van der Waals surface area contributed by atoms with E-state index in [0.717, 1.165) is 3.70 Å². The van der Waals surface area contributed by atoms with Gasteiger partial charge in [-0.1, -0.05) is 6.92 Å². The SMILES string of the molecule is CCC1(COS(=O)(=O)C(F)(F)F)C[C@@H]2C(c3cc(I)nn3C(C)C)[C@@H]2C1. The average Bonchev–Trinajstić information content (AvgIpc) is 2.88. The van der Waals surface area contributed by atoms with Gasteiger partial charge in [0.05, 0.1) is 6.61 Å². The molecule has 10 heteroatoms. The number of halogens is 4. The van der Waals surface area contributed by atoms with Crippen molar-refractivity contribution in [2.45, 2.75) is 57.5 Å². The fourth-order valence-electron chi connectivity index (χ4n) is 4.34. The predicted octanol–water partition coefficient (Wildman–Crippen LogP) is 4.45. The molecule has 0 spiro atoms. The van der Waals surface area contributed by atoms with E-state index in [1.54, 1.807) is 0 Å². The second kappa shape index (κ2) is 6.61. The molecule has 5 nitrogen and oxygen atoms in total. The molecular formula is C16H22F3IN2O3S. The minimum Gasteiger partial charge on any atom is -0.266 e. The highest BCUT2D eigenvalue weighted by Gasteiger charge is 2.62. The van der Waals surface area contributed by atoms with Crippen molar-refractivity contribution in [2.24, 2.45) is 17.3 Å². The molecule has 2 aliphatic carbocycles. The fourth-order valence-corrected chi connectivity index (χ4v) is 5.43. The summed E-state index contributed by atoms with van der Waals surface area (Å²) in [6.45, 7) is 5.62. The monoisotopic (exact) mass is 506 g/mol. The van der Waals surface area contributed by atoms with E-state index in [-0.39, 0.29) is 6.04 Å². The van der Waals surface area contributed by atoms with Gasteiger partial charge in [-0.3, -0.25) is 8.86 Å². The Kier molecular flexibility index (Phi) is 5.18. The van der Waals surface area contributed by atoms with Crippen LogP contribution in [0, 0.1) is 21.0 Å². The summed E-state index contributed by atoms with van der Waals surface area (Å²) in [6.07, 6.45) is 1.97. The average molecular weight is 506 g/mol. The smallest absolute Gasteiger partial charge is 0.266 e. The number of alkyl halides is 3. The summed E-state index contributed by atoms with van der Waals surface area (Å²) in [5.74, 6) is 1.07. The first-order valence-corrected chi connectivity index (χ1v) is 11.1. The van der Waals surface area contributed by atoms with Crippen molar-refractivity contribution in [1.29, 1.82) is 0 Å². The highest BCUT2D eigenvalue weighted by atomic mass is 127. The summed E-state index contributed by atoms with van der Waals surface area (Å²) in [7, 11) is -5.53. The van der Waals surface area contributed by atoms with Gasteiger partial charge < -0.3 is 0 Å². The van der Waals surface area contributed by atoms with Crippen molar-refractivity contribution in [3.63, 3.8) is 0 Å². The van der Waals surface area contributed by atoms with E-state index in [4.69, 9.17) is 0 Å². The van der Waals surface area contributed by atoms with Gasteiger partial charge in [-0.25, -0.2) is 0 Å². The van der Waals surface area contributed by atoms with E-state index < -0.39 is 27.6 Å². The van der Waals surface area contributed by atoms with Crippen molar-refractivity contribution in [2.75, 3.05) is 6.61 Å². The highest BCUT2D eigenvalue weighted by Crippen LogP contribution is 2.69. The summed E-state index contributed by atoms with van der Waals surface area (Å²) < 4.78 is 67.2. The van der Waals surface area contributed by atoms with E-state index >= 15 is 0 Å². The number of hydrogen-bond acceptors (Lipinski definition) is 4. The lowest BCUT2D eigenvalue weighted by molar-refractivity contribution is -0.0570. The van der Waals surface area contributed by atoms with Crippen LogP contribution in [0.5, 0.6) is 0 Å². The molecule has 0 amide bonds. The molecule has 0 saturated heterocycles. The zero-order valence-electron chi connectivity index (χ0n) is 14.8. The Morgan fingerprint density at radius 2 is 1.96 bits per heavy atom. The third-order valence-electron chi connectivity index (χ3n) is 5.79. The van der Waals surface area contributed by atoms with E-state index in [2.05, 4.69) is 51.8 Å². The third kappa shape index (κ3) is 3.52. The summed E-state index contributed by atoms with van der Waals surface area (Å²) in [4.78, 5) is 0. The van der Waals surface area contributed by atoms with Gasteiger partial charge in [-0.2, -0.15) is 26.7 Å². The maximum atomic E-state index is 12.5. The van der Waals surface area contributed by atoms with Crippen molar-refractivity contribution in [3.8, 4) is 0 Å². The topological polar surface area (TPSA) is 61.2 Å². The zero-order chi connectivity index (χ0) is 19.5. The van der Waals surface area contributed by atoms with Crippen LogP contribution in [-0.4, -0.2) is 30.3 Å². The van der Waals surface area contributed by atoms with Gasteiger partial charge in [0.25, 0.3) is 0 Å². The van der Waals surface area contributed by atoms with Crippen LogP contribution in [0.1, 0.15) is 57.7 Å². The van der Waals surface area contributed by atoms with Crippen molar-refractivity contribution in [1.82, 2.24) is 9.78 Å². The van der Waals surface area contributed by atoms with Crippen LogP contribution in [0.2, 0.25) is 0 Å². The molecule has 0 aliphatic heterocycles. The molecule has 148 valence electrons. The molecule has 0 aromatic carbocycles. The van der Waals surface area contributed by atoms with Gasteiger partial charge in [0.2, 0.25) is 0 Å². The lowest BCUT2D eigenvalue weighted by Gasteiger charge is -2.30. The Morgan fingerprint density at radius 1 is 1.38 bits per heavy atom. The van der Waals surface area contributed by atoms with Gasteiger partial charge in [0, 0.05) is 17.7 Å². The van der Waals surface area contributed by atoms with Gasteiger partial charge in [0.15, 0.2) is 0 Å². The van der Waals surface area contributed by atoms with Crippen molar-refractivity contribution >= 4 is 32.7 Å². The van der Waals surface area contributed by atoms with Crippen LogP contribution < -0.4 is 0 Å². The van der Waals surface area contributed by atoms with Crippen LogP contribution in [0.3, 0.4) is 0 Å². The molecule has 4 atom stereocenters. The summed E-state index contributed by atoms with van der Waals surface area (Å²) in [5.41, 5.74) is -4.69. The van der Waals surface area contributed by atoms with E-state index in [1.807, 2.05) is 11.6 Å². The highest BCUT2D eigenvalue weighted by molar-refractivity contribution is 14.1. The molecule has 0 N–H and O–H groups in total. The van der Waals surface area contributed by atoms with Crippen LogP contribution in [0.4, 0.5) is 13.2 Å². The number of rotatable bonds is 6. The molecule has 3 rings (SSSR count). The first-order chi connectivity index (χ1) is 11.9. The molecule has 1 aromatic heterocycles. The van der Waals surface area contributed by atoms with E-state index in [1.165, 1.54) is 5.69 Å². The number of fused-ring (bicyclic) bond motifs is 1. The predicted molar refractivity (Wildman–Crippen MR) is 97.9 cm³/mol. The molecule has 2 saturated carbocycles. The Hall–Kier alpha value is -0.360. The number of hydrogen-bond donors (Lipinski definition) is 0. The molecule has 26 heavy (non-hydrogen) atoms. The zero-order valence-corrected chi connectivity index (χ0v) is 17.7. The van der Waals surface area contributed by atoms with Gasteiger partial charge in [-0.05, 0) is 79.0 Å². The van der Waals surface area contributed by atoms with Gasteiger partial charge in [0.1, 0.15) is 3.70 Å². The standard InChI is InChI=1S/C16H22F3IN2O3S/c1-4-15(8-25-26(23,24)16(17,18)19)6-10-11(7-15)14(10)12-5-13(20)21-22(12)9(2)3/h5,9-11,14H,4,6-8H2,1-3H3/t10-,11+,14?,15?. The van der Waals surface area contributed by atoms with Crippen LogP contribution in [0.15, 0.2) is 6.07 Å². The van der Waals surface area contributed by atoms with E-state index in [9.17, 15) is 21.6 Å². The Bertz CT molecular complexity index is 779. The maximum absolute atomic E-state index is 12.5. The molecule has 1 aromatic rings. The summed E-state index contributed by atoms with van der Waals surface area (Å²) >= 11 is 2.18. The lowest BCUT2D eigenvalue weighted by atomic mass is 9.79. The molecule has 2 aliphatic rings. The molecule has 2 unspecified atom stereocenters. The molecule has 2 fully saturated rings. The molecule has 0 radical (unpaired) electrons. The largest absolute Gasteiger partial charge is 0.523 e. The lowest BCUT2D eigenvalue weighted by Crippen LogP contribution is -2.32. The number of aromatic nitrogens is 2. The molecular weight excluding hydrogens is 484 g/mol. The molecule has 1 heterocycles. The second-order valence-electron chi connectivity index (χ2n) is 7.71. The Labute approximate surface area is 164 Å². The fraction of sp³-hybridized carbons (Fsp3) is 0.812. The van der Waals surface area contributed by atoms with E-state index in [0.29, 0.717) is 37.0 Å². The quantitative estimate of drug-likeness (QED) is 0.325. The maximum Gasteiger partial charge on any atom is 0.523 e. The molecule has 0 bridgehead atoms. The minimum absolute atomic E-state index is 0.242. The summed E-state index contributed by atoms with van der Waals surface area (Å²) in [6, 6.07) is 2.31. The Morgan fingerprint density at radius 3 is 2.42 bits per heavy atom. The van der Waals surface area contributed by atoms with Crippen molar-refractivity contribution in [3.05, 3.63) is 15.5 Å². The van der Waals surface area contributed by atoms with Gasteiger partial charge >= 0.3 is 15.6 Å². The normalized spacial score (nSPS) is 31.5. The number of nitrogens with zero attached hydrogens (tertiary/aromatic N) is 2. The van der Waals surface area contributed by atoms with Crippen molar-refractivity contribution < 1.29 is 25.8 Å². The van der Waals surface area contributed by atoms with Crippen LogP contribution in [-0.2, 0) is 14.3 Å².